The van der Waals surface area contributed by atoms with Crippen molar-refractivity contribution in [1.29, 1.82) is 0 Å². The maximum Gasteiger partial charge on any atom is 0.320 e. The maximum atomic E-state index is 11.2. The molecule has 1 atom stereocenters. The molecule has 1 aromatic rings. The van der Waals surface area contributed by atoms with Gasteiger partial charge >= 0.3 is 5.97 Å². The van der Waals surface area contributed by atoms with E-state index in [4.69, 9.17) is 9.47 Å². The minimum atomic E-state index is -0.821. The lowest BCUT2D eigenvalue weighted by Crippen LogP contribution is -2.39. The van der Waals surface area contributed by atoms with E-state index in [-0.39, 0.29) is 0 Å². The SMILES string of the molecule is CCc1ccc(OCCC(NC2CC2)C(=O)O)c(OC)c1. The predicted octanol–water partition coefficient (Wildman–Crippen LogP) is 2.23. The Kier molecular flexibility index (Phi) is 5.44. The van der Waals surface area contributed by atoms with E-state index in [9.17, 15) is 9.90 Å². The van der Waals surface area contributed by atoms with Gasteiger partial charge in [-0.2, -0.15) is 0 Å². The fourth-order valence-corrected chi connectivity index (χ4v) is 2.15. The van der Waals surface area contributed by atoms with Gasteiger partial charge in [0.25, 0.3) is 0 Å². The van der Waals surface area contributed by atoms with Crippen molar-refractivity contribution in [2.75, 3.05) is 13.7 Å². The molecular weight excluding hydrogens is 270 g/mol. The molecule has 0 heterocycles. The van der Waals surface area contributed by atoms with Gasteiger partial charge in [0.05, 0.1) is 13.7 Å². The zero-order valence-electron chi connectivity index (χ0n) is 12.6. The lowest BCUT2D eigenvalue weighted by Gasteiger charge is -2.16. The Bertz CT molecular complexity index is 485. The van der Waals surface area contributed by atoms with E-state index < -0.39 is 12.0 Å². The van der Waals surface area contributed by atoms with Crippen LogP contribution in [0.4, 0.5) is 0 Å². The summed E-state index contributed by atoms with van der Waals surface area (Å²) in [5.41, 5.74) is 1.18. The van der Waals surface area contributed by atoms with E-state index in [1.165, 1.54) is 5.56 Å². The van der Waals surface area contributed by atoms with E-state index in [0.717, 1.165) is 19.3 Å². The van der Waals surface area contributed by atoms with Crippen LogP contribution in [0.3, 0.4) is 0 Å². The minimum absolute atomic E-state index is 0.346. The maximum absolute atomic E-state index is 11.2. The monoisotopic (exact) mass is 293 g/mol. The smallest absolute Gasteiger partial charge is 0.320 e. The molecule has 0 amide bonds. The average Bonchev–Trinajstić information content (AvgIpc) is 3.30. The summed E-state index contributed by atoms with van der Waals surface area (Å²) in [5.74, 6) is 0.528. The van der Waals surface area contributed by atoms with Gasteiger partial charge in [0, 0.05) is 12.5 Å². The normalized spacial score (nSPS) is 15.5. The number of nitrogens with one attached hydrogen (secondary N) is 1. The highest BCUT2D eigenvalue weighted by Crippen LogP contribution is 2.28. The van der Waals surface area contributed by atoms with E-state index in [2.05, 4.69) is 12.2 Å². The third-order valence-electron chi connectivity index (χ3n) is 3.61. The molecule has 0 saturated heterocycles. The molecule has 0 spiro atoms. The van der Waals surface area contributed by atoms with Crippen LogP contribution in [0.15, 0.2) is 18.2 Å². The van der Waals surface area contributed by atoms with E-state index in [0.29, 0.717) is 30.6 Å². The van der Waals surface area contributed by atoms with Gasteiger partial charge < -0.3 is 19.9 Å². The molecular formula is C16H23NO4. The number of aryl methyl sites for hydroxylation is 1. The first-order valence-corrected chi connectivity index (χ1v) is 7.42. The van der Waals surface area contributed by atoms with Crippen molar-refractivity contribution in [3.63, 3.8) is 0 Å². The van der Waals surface area contributed by atoms with Crippen molar-refractivity contribution in [1.82, 2.24) is 5.32 Å². The topological polar surface area (TPSA) is 67.8 Å². The van der Waals surface area contributed by atoms with Crippen LogP contribution >= 0.6 is 0 Å². The van der Waals surface area contributed by atoms with Crippen LogP contribution in [0.2, 0.25) is 0 Å². The second-order valence-electron chi connectivity index (χ2n) is 5.31. The highest BCUT2D eigenvalue weighted by Gasteiger charge is 2.28. The van der Waals surface area contributed by atoms with Crippen LogP contribution in [0, 0.1) is 0 Å². The molecule has 2 N–H and O–H groups in total. The summed E-state index contributed by atoms with van der Waals surface area (Å²) in [6, 6.07) is 5.64. The van der Waals surface area contributed by atoms with Crippen molar-refractivity contribution >= 4 is 5.97 Å². The molecule has 116 valence electrons. The molecule has 1 saturated carbocycles. The van der Waals surface area contributed by atoms with E-state index in [1.807, 2.05) is 18.2 Å². The number of carboxylic acids is 1. The van der Waals surface area contributed by atoms with Gasteiger partial charge in [0.1, 0.15) is 6.04 Å². The summed E-state index contributed by atoms with van der Waals surface area (Å²) in [6.45, 7) is 2.43. The van der Waals surface area contributed by atoms with Crippen LogP contribution in [-0.4, -0.2) is 36.9 Å². The zero-order chi connectivity index (χ0) is 15.2. The van der Waals surface area contributed by atoms with Crippen LogP contribution in [-0.2, 0) is 11.2 Å². The Balaban J connectivity index is 1.87. The molecule has 0 bridgehead atoms. The Morgan fingerprint density at radius 1 is 1.43 bits per heavy atom. The molecule has 1 aliphatic rings. The first-order chi connectivity index (χ1) is 10.1. The van der Waals surface area contributed by atoms with Gasteiger partial charge in [0.2, 0.25) is 0 Å². The average molecular weight is 293 g/mol. The molecule has 1 unspecified atom stereocenters. The summed E-state index contributed by atoms with van der Waals surface area (Å²) in [4.78, 5) is 11.2. The number of hydrogen-bond donors (Lipinski definition) is 2. The summed E-state index contributed by atoms with van der Waals surface area (Å²) in [7, 11) is 1.61. The Labute approximate surface area is 125 Å². The van der Waals surface area contributed by atoms with Crippen LogP contribution in [0.5, 0.6) is 11.5 Å². The molecule has 5 heteroatoms. The van der Waals surface area contributed by atoms with E-state index in [1.54, 1.807) is 7.11 Å². The molecule has 2 rings (SSSR count). The standard InChI is InChI=1S/C16H23NO4/c1-3-11-4-7-14(15(10-11)20-2)21-9-8-13(16(18)19)17-12-5-6-12/h4,7,10,12-13,17H,3,5-6,8-9H2,1-2H3,(H,18,19). The highest BCUT2D eigenvalue weighted by molar-refractivity contribution is 5.73. The number of carbonyl (C=O) groups is 1. The molecule has 0 aliphatic heterocycles. The molecule has 0 aromatic heterocycles. The number of rotatable bonds is 9. The number of benzene rings is 1. The second-order valence-corrected chi connectivity index (χ2v) is 5.31. The first kappa shape index (κ1) is 15.6. The molecule has 21 heavy (non-hydrogen) atoms. The summed E-state index contributed by atoms with van der Waals surface area (Å²) >= 11 is 0. The Morgan fingerprint density at radius 2 is 2.19 bits per heavy atom. The first-order valence-electron chi connectivity index (χ1n) is 7.42. The van der Waals surface area contributed by atoms with Gasteiger partial charge in [-0.05, 0) is 37.0 Å². The fourth-order valence-electron chi connectivity index (χ4n) is 2.15. The number of methoxy groups -OCH3 is 1. The highest BCUT2D eigenvalue weighted by atomic mass is 16.5. The summed E-state index contributed by atoms with van der Waals surface area (Å²) < 4.78 is 11.0. The third kappa shape index (κ3) is 4.63. The van der Waals surface area contributed by atoms with Crippen molar-refractivity contribution in [3.05, 3.63) is 23.8 Å². The van der Waals surface area contributed by atoms with Crippen LogP contribution in [0.1, 0.15) is 31.7 Å². The Morgan fingerprint density at radius 3 is 2.76 bits per heavy atom. The quantitative estimate of drug-likeness (QED) is 0.731. The van der Waals surface area contributed by atoms with Crippen LogP contribution in [0.25, 0.3) is 0 Å². The zero-order valence-corrected chi connectivity index (χ0v) is 12.6. The molecule has 1 aliphatic carbocycles. The van der Waals surface area contributed by atoms with Crippen LogP contribution < -0.4 is 14.8 Å². The van der Waals surface area contributed by atoms with Crippen molar-refractivity contribution in [2.24, 2.45) is 0 Å². The van der Waals surface area contributed by atoms with Gasteiger partial charge in [0.15, 0.2) is 11.5 Å². The Hall–Kier alpha value is -1.75. The van der Waals surface area contributed by atoms with Crippen molar-refractivity contribution < 1.29 is 19.4 Å². The van der Waals surface area contributed by atoms with Crippen molar-refractivity contribution in [2.45, 2.75) is 44.7 Å². The third-order valence-corrected chi connectivity index (χ3v) is 3.61. The van der Waals surface area contributed by atoms with E-state index >= 15 is 0 Å². The summed E-state index contributed by atoms with van der Waals surface area (Å²) in [6.07, 6.45) is 3.50. The van der Waals surface area contributed by atoms with Gasteiger partial charge in [-0.1, -0.05) is 13.0 Å². The largest absolute Gasteiger partial charge is 0.493 e. The lowest BCUT2D eigenvalue weighted by molar-refractivity contribution is -0.139. The van der Waals surface area contributed by atoms with Crippen molar-refractivity contribution in [3.8, 4) is 11.5 Å². The number of ether oxygens (including phenoxy) is 2. The number of carboxylic acid groups (broad SMARTS) is 1. The lowest BCUT2D eigenvalue weighted by atomic mass is 10.1. The minimum Gasteiger partial charge on any atom is -0.493 e. The fraction of sp³-hybridized carbons (Fsp3) is 0.562. The van der Waals surface area contributed by atoms with Gasteiger partial charge in [-0.15, -0.1) is 0 Å². The molecule has 1 fully saturated rings. The van der Waals surface area contributed by atoms with Gasteiger partial charge in [-0.3, -0.25) is 4.79 Å². The second kappa shape index (κ2) is 7.31. The summed E-state index contributed by atoms with van der Waals surface area (Å²) in [5, 5.41) is 12.3. The number of aliphatic carboxylic acids is 1. The molecule has 0 radical (unpaired) electrons. The number of hydrogen-bond acceptors (Lipinski definition) is 4. The molecule has 5 nitrogen and oxygen atoms in total. The van der Waals surface area contributed by atoms with Gasteiger partial charge in [-0.25, -0.2) is 0 Å². The molecule has 1 aromatic carbocycles. The predicted molar refractivity (Wildman–Crippen MR) is 80.1 cm³/mol.